The molecule has 152 valence electrons. The average Bonchev–Trinajstić information content (AvgIpc) is 3.11. The summed E-state index contributed by atoms with van der Waals surface area (Å²) in [5.74, 6) is 0. The summed E-state index contributed by atoms with van der Waals surface area (Å²) in [5.41, 5.74) is 3.40. The first-order valence-electron chi connectivity index (χ1n) is 9.01. The zero-order valence-electron chi connectivity index (χ0n) is 15.7. The fraction of sp³-hybridized carbons (Fsp3) is 0.0909. The quantitative estimate of drug-likeness (QED) is 0.331. The molecule has 8 heteroatoms. The van der Waals surface area contributed by atoms with Gasteiger partial charge < -0.3 is 10.6 Å². The Morgan fingerprint density at radius 3 is 2.40 bits per heavy atom. The van der Waals surface area contributed by atoms with Crippen LogP contribution in [0.5, 0.6) is 0 Å². The van der Waals surface area contributed by atoms with Gasteiger partial charge in [-0.05, 0) is 79.3 Å². The summed E-state index contributed by atoms with van der Waals surface area (Å²) in [6.45, 7) is 2.05. The molecule has 0 aliphatic rings. The predicted octanol–water partition coefficient (Wildman–Crippen LogP) is 7.10. The summed E-state index contributed by atoms with van der Waals surface area (Å²) in [5, 5.41) is 6.89. The first-order valence-corrected chi connectivity index (χ1v) is 10.2. The Labute approximate surface area is 180 Å². The van der Waals surface area contributed by atoms with Gasteiger partial charge in [0.1, 0.15) is 5.01 Å². The number of aromatic nitrogens is 1. The van der Waals surface area contributed by atoms with Gasteiger partial charge in [0, 0.05) is 16.9 Å². The van der Waals surface area contributed by atoms with Crippen molar-refractivity contribution in [3.05, 3.63) is 77.9 Å². The lowest BCUT2D eigenvalue weighted by Crippen LogP contribution is -2.19. The van der Waals surface area contributed by atoms with Gasteiger partial charge in [-0.25, -0.2) is 4.98 Å². The van der Waals surface area contributed by atoms with Gasteiger partial charge in [-0.15, -0.1) is 11.3 Å². The number of nitrogens with zero attached hydrogens (tertiary/aromatic N) is 1. The van der Waals surface area contributed by atoms with E-state index in [1.165, 1.54) is 17.7 Å². The van der Waals surface area contributed by atoms with Crippen molar-refractivity contribution in [3.8, 4) is 10.6 Å². The zero-order chi connectivity index (χ0) is 21.3. The second kappa shape index (κ2) is 8.04. The highest BCUT2D eigenvalue weighted by Gasteiger charge is 2.30. The topological polar surface area (TPSA) is 37.0 Å². The maximum absolute atomic E-state index is 12.8. The van der Waals surface area contributed by atoms with Crippen LogP contribution in [0.2, 0.25) is 0 Å². The van der Waals surface area contributed by atoms with E-state index in [9.17, 15) is 13.2 Å². The van der Waals surface area contributed by atoms with Crippen molar-refractivity contribution in [2.75, 3.05) is 10.6 Å². The van der Waals surface area contributed by atoms with Crippen molar-refractivity contribution in [1.29, 1.82) is 0 Å². The lowest BCUT2D eigenvalue weighted by Gasteiger charge is -2.13. The van der Waals surface area contributed by atoms with Crippen LogP contribution in [0.15, 0.2) is 66.7 Å². The molecule has 4 aromatic rings. The number of aryl methyl sites for hydroxylation is 1. The standard InChI is InChI=1S/C22H16F3N3S2/c1-13-5-10-18-19(11-13)30-20(28-18)14-6-8-16(9-7-14)26-21(29)27-17-4-2-3-15(12-17)22(23,24)25/h2-12H,1H3,(H2,26,27,29). The van der Waals surface area contributed by atoms with Crippen LogP contribution in [0, 0.1) is 6.92 Å². The van der Waals surface area contributed by atoms with E-state index in [0.717, 1.165) is 38.6 Å². The number of hydrogen-bond acceptors (Lipinski definition) is 3. The summed E-state index contributed by atoms with van der Waals surface area (Å²) in [4.78, 5) is 4.67. The lowest BCUT2D eigenvalue weighted by atomic mass is 10.2. The molecular weight excluding hydrogens is 427 g/mol. The highest BCUT2D eigenvalue weighted by molar-refractivity contribution is 7.80. The third-order valence-electron chi connectivity index (χ3n) is 4.38. The van der Waals surface area contributed by atoms with Crippen LogP contribution in [0.25, 0.3) is 20.8 Å². The number of nitrogens with one attached hydrogen (secondary N) is 2. The van der Waals surface area contributed by atoms with Crippen LogP contribution in [0.1, 0.15) is 11.1 Å². The monoisotopic (exact) mass is 443 g/mol. The molecule has 0 amide bonds. The molecule has 1 heterocycles. The smallest absolute Gasteiger partial charge is 0.332 e. The molecule has 3 nitrogen and oxygen atoms in total. The van der Waals surface area contributed by atoms with Gasteiger partial charge in [0.2, 0.25) is 0 Å². The molecule has 0 saturated heterocycles. The molecule has 1 aromatic heterocycles. The molecule has 0 saturated carbocycles. The molecule has 0 aliphatic heterocycles. The number of rotatable bonds is 3. The maximum Gasteiger partial charge on any atom is 0.416 e. The van der Waals surface area contributed by atoms with Crippen molar-refractivity contribution in [1.82, 2.24) is 4.98 Å². The Balaban J connectivity index is 1.45. The normalized spacial score (nSPS) is 11.5. The molecule has 0 fully saturated rings. The average molecular weight is 444 g/mol. The Morgan fingerprint density at radius 1 is 0.933 bits per heavy atom. The van der Waals surface area contributed by atoms with E-state index in [-0.39, 0.29) is 10.8 Å². The van der Waals surface area contributed by atoms with E-state index in [1.54, 1.807) is 11.3 Å². The molecule has 0 atom stereocenters. The van der Waals surface area contributed by atoms with E-state index >= 15 is 0 Å². The molecule has 0 radical (unpaired) electrons. The minimum Gasteiger partial charge on any atom is -0.332 e. The van der Waals surface area contributed by atoms with Crippen LogP contribution >= 0.6 is 23.6 Å². The molecule has 0 bridgehead atoms. The molecule has 0 aliphatic carbocycles. The zero-order valence-corrected chi connectivity index (χ0v) is 17.4. The summed E-state index contributed by atoms with van der Waals surface area (Å²) >= 11 is 6.85. The molecular formula is C22H16F3N3S2. The number of thiazole rings is 1. The number of hydrogen-bond donors (Lipinski definition) is 2. The summed E-state index contributed by atoms with van der Waals surface area (Å²) < 4.78 is 39.6. The molecule has 30 heavy (non-hydrogen) atoms. The highest BCUT2D eigenvalue weighted by atomic mass is 32.1. The van der Waals surface area contributed by atoms with E-state index in [2.05, 4.69) is 28.6 Å². The summed E-state index contributed by atoms with van der Waals surface area (Å²) in [7, 11) is 0. The van der Waals surface area contributed by atoms with Crippen molar-refractivity contribution in [2.45, 2.75) is 13.1 Å². The highest BCUT2D eigenvalue weighted by Crippen LogP contribution is 2.32. The number of benzene rings is 3. The van der Waals surface area contributed by atoms with Gasteiger partial charge in [-0.1, -0.05) is 12.1 Å². The van der Waals surface area contributed by atoms with E-state index in [0.29, 0.717) is 0 Å². The van der Waals surface area contributed by atoms with Gasteiger partial charge >= 0.3 is 6.18 Å². The van der Waals surface area contributed by atoms with Crippen LogP contribution in [-0.4, -0.2) is 10.1 Å². The van der Waals surface area contributed by atoms with E-state index in [4.69, 9.17) is 12.2 Å². The van der Waals surface area contributed by atoms with Crippen LogP contribution in [-0.2, 0) is 6.18 Å². The van der Waals surface area contributed by atoms with Gasteiger partial charge in [0.25, 0.3) is 0 Å². The first-order chi connectivity index (χ1) is 14.3. The Hall–Kier alpha value is -2.97. The van der Waals surface area contributed by atoms with Gasteiger partial charge in [0.05, 0.1) is 15.8 Å². The van der Waals surface area contributed by atoms with Gasteiger partial charge in [-0.3, -0.25) is 0 Å². The number of alkyl halides is 3. The Bertz CT molecular complexity index is 1210. The lowest BCUT2D eigenvalue weighted by molar-refractivity contribution is -0.137. The fourth-order valence-electron chi connectivity index (χ4n) is 2.92. The van der Waals surface area contributed by atoms with Crippen LogP contribution in [0.4, 0.5) is 24.5 Å². The Kier molecular flexibility index (Phi) is 5.44. The van der Waals surface area contributed by atoms with Crippen molar-refractivity contribution in [3.63, 3.8) is 0 Å². The molecule has 0 unspecified atom stereocenters. The number of anilines is 2. The molecule has 2 N–H and O–H groups in total. The summed E-state index contributed by atoms with van der Waals surface area (Å²) in [6.07, 6.45) is -4.40. The number of thiocarbonyl (C=S) groups is 1. The number of halogens is 3. The van der Waals surface area contributed by atoms with Crippen molar-refractivity contribution >= 4 is 50.3 Å². The fourth-order valence-corrected chi connectivity index (χ4v) is 4.22. The van der Waals surface area contributed by atoms with E-state index in [1.807, 2.05) is 36.4 Å². The SMILES string of the molecule is Cc1ccc2nc(-c3ccc(NC(=S)Nc4cccc(C(F)(F)F)c4)cc3)sc2c1. The Morgan fingerprint density at radius 2 is 1.67 bits per heavy atom. The van der Waals surface area contributed by atoms with Crippen molar-refractivity contribution < 1.29 is 13.2 Å². The predicted molar refractivity (Wildman–Crippen MR) is 121 cm³/mol. The van der Waals surface area contributed by atoms with Gasteiger partial charge in [-0.2, -0.15) is 13.2 Å². The number of fused-ring (bicyclic) bond motifs is 1. The maximum atomic E-state index is 12.8. The molecule has 4 rings (SSSR count). The van der Waals surface area contributed by atoms with Crippen LogP contribution < -0.4 is 10.6 Å². The molecule has 3 aromatic carbocycles. The second-order valence-corrected chi connectivity index (χ2v) is 8.16. The minimum absolute atomic E-state index is 0.206. The van der Waals surface area contributed by atoms with Gasteiger partial charge in [0.15, 0.2) is 5.11 Å². The largest absolute Gasteiger partial charge is 0.416 e. The minimum atomic E-state index is -4.40. The van der Waals surface area contributed by atoms with E-state index < -0.39 is 11.7 Å². The van der Waals surface area contributed by atoms with Crippen LogP contribution in [0.3, 0.4) is 0 Å². The third kappa shape index (κ3) is 4.60. The second-order valence-electron chi connectivity index (χ2n) is 6.73. The first kappa shape index (κ1) is 20.3. The molecule has 0 spiro atoms. The van der Waals surface area contributed by atoms with Crippen molar-refractivity contribution in [2.24, 2.45) is 0 Å². The third-order valence-corrected chi connectivity index (χ3v) is 5.65. The summed E-state index contributed by atoms with van der Waals surface area (Å²) in [6, 6.07) is 18.6.